The molecule has 0 aromatic rings. The van der Waals surface area contributed by atoms with Crippen molar-refractivity contribution >= 4 is 24.3 Å². The lowest BCUT2D eigenvalue weighted by Gasteiger charge is -2.30. The van der Waals surface area contributed by atoms with E-state index in [0.717, 1.165) is 25.7 Å². The second-order valence-electron chi connectivity index (χ2n) is 6.74. The van der Waals surface area contributed by atoms with Crippen LogP contribution in [-0.4, -0.2) is 48.1 Å². The molecule has 6 heteroatoms. The topological polar surface area (TPSA) is 58.6 Å². The van der Waals surface area contributed by atoms with E-state index in [1.54, 1.807) is 11.8 Å². The Labute approximate surface area is 138 Å². The zero-order chi connectivity index (χ0) is 14.8. The molecule has 2 unspecified atom stereocenters. The number of rotatable bonds is 6. The van der Waals surface area contributed by atoms with Crippen molar-refractivity contribution in [1.29, 1.82) is 0 Å². The number of piperidine rings is 1. The molecular weight excluding hydrogens is 304 g/mol. The Morgan fingerprint density at radius 2 is 1.77 bits per heavy atom. The highest BCUT2D eigenvalue weighted by atomic mass is 35.5. The minimum absolute atomic E-state index is 0. The Morgan fingerprint density at radius 1 is 1.14 bits per heavy atom. The van der Waals surface area contributed by atoms with Gasteiger partial charge in [-0.3, -0.25) is 9.59 Å². The molecule has 1 saturated carbocycles. The van der Waals surface area contributed by atoms with E-state index in [0.29, 0.717) is 31.0 Å². The van der Waals surface area contributed by atoms with E-state index in [1.807, 2.05) is 0 Å². The van der Waals surface area contributed by atoms with Gasteiger partial charge < -0.3 is 15.0 Å². The van der Waals surface area contributed by atoms with Crippen molar-refractivity contribution in [1.82, 2.24) is 10.2 Å². The number of nitrogens with zero attached hydrogens (tertiary/aromatic N) is 1. The SMILES string of the molecule is CCOC(=O)CN(C(=O)CC1CC2CCC(C1)N2)C1CC1.Cl. The largest absolute Gasteiger partial charge is 0.465 e. The maximum absolute atomic E-state index is 12.6. The second-order valence-corrected chi connectivity index (χ2v) is 6.74. The van der Waals surface area contributed by atoms with Gasteiger partial charge in [0.05, 0.1) is 6.61 Å². The fourth-order valence-electron chi connectivity index (χ4n) is 3.86. The van der Waals surface area contributed by atoms with Crippen LogP contribution in [0.5, 0.6) is 0 Å². The van der Waals surface area contributed by atoms with Crippen LogP contribution in [0.1, 0.15) is 51.9 Å². The standard InChI is InChI=1S/C16H26N2O3.ClH/c1-2-21-16(20)10-18(14-5-6-14)15(19)9-11-7-12-3-4-13(8-11)17-12;/h11-14,17H,2-10H2,1H3;1H. The summed E-state index contributed by atoms with van der Waals surface area (Å²) in [4.78, 5) is 26.0. The lowest BCUT2D eigenvalue weighted by Crippen LogP contribution is -2.42. The summed E-state index contributed by atoms with van der Waals surface area (Å²) in [6.45, 7) is 2.31. The van der Waals surface area contributed by atoms with Crippen LogP contribution >= 0.6 is 12.4 Å². The van der Waals surface area contributed by atoms with E-state index >= 15 is 0 Å². The van der Waals surface area contributed by atoms with Crippen LogP contribution in [0.4, 0.5) is 0 Å². The normalized spacial score (nSPS) is 29.6. The van der Waals surface area contributed by atoms with Gasteiger partial charge in [0.1, 0.15) is 6.54 Å². The minimum Gasteiger partial charge on any atom is -0.465 e. The van der Waals surface area contributed by atoms with Gasteiger partial charge in [-0.25, -0.2) is 0 Å². The van der Waals surface area contributed by atoms with Crippen molar-refractivity contribution in [3.8, 4) is 0 Å². The Hall–Kier alpha value is -0.810. The number of amides is 1. The molecule has 0 radical (unpaired) electrons. The Morgan fingerprint density at radius 3 is 2.32 bits per heavy atom. The first-order valence-corrected chi connectivity index (χ1v) is 8.36. The van der Waals surface area contributed by atoms with E-state index in [4.69, 9.17) is 4.74 Å². The van der Waals surface area contributed by atoms with Crippen molar-refractivity contribution in [2.75, 3.05) is 13.2 Å². The fourth-order valence-corrected chi connectivity index (χ4v) is 3.86. The Kier molecular flexibility index (Phi) is 6.09. The molecule has 2 bridgehead atoms. The van der Waals surface area contributed by atoms with Gasteiger partial charge in [-0.2, -0.15) is 0 Å². The fraction of sp³-hybridized carbons (Fsp3) is 0.875. The number of hydrogen-bond donors (Lipinski definition) is 1. The molecule has 1 N–H and O–H groups in total. The highest BCUT2D eigenvalue weighted by molar-refractivity contribution is 5.85. The molecule has 3 aliphatic rings. The Bertz CT molecular complexity index is 402. The molecule has 2 aliphatic heterocycles. The zero-order valence-corrected chi connectivity index (χ0v) is 14.1. The molecule has 0 spiro atoms. The number of halogens is 1. The number of ether oxygens (including phenoxy) is 1. The summed E-state index contributed by atoms with van der Waals surface area (Å²) >= 11 is 0. The van der Waals surface area contributed by atoms with Crippen LogP contribution in [0.25, 0.3) is 0 Å². The van der Waals surface area contributed by atoms with Gasteiger partial charge in [0.25, 0.3) is 0 Å². The van der Waals surface area contributed by atoms with Gasteiger partial charge >= 0.3 is 5.97 Å². The quantitative estimate of drug-likeness (QED) is 0.755. The van der Waals surface area contributed by atoms with Gasteiger partial charge in [-0.15, -0.1) is 12.4 Å². The number of esters is 1. The third-order valence-corrected chi connectivity index (χ3v) is 4.95. The molecule has 3 fully saturated rings. The van der Waals surface area contributed by atoms with Gasteiger partial charge in [-0.05, 0) is 51.4 Å². The number of carbonyl (C=O) groups excluding carboxylic acids is 2. The van der Waals surface area contributed by atoms with Crippen LogP contribution < -0.4 is 5.32 Å². The number of fused-ring (bicyclic) bond motifs is 2. The predicted molar refractivity (Wildman–Crippen MR) is 85.9 cm³/mol. The van der Waals surface area contributed by atoms with Crippen molar-refractivity contribution < 1.29 is 14.3 Å². The molecule has 1 amide bonds. The first-order chi connectivity index (χ1) is 10.2. The van der Waals surface area contributed by atoms with E-state index in [-0.39, 0.29) is 36.9 Å². The molecular formula is C16H27ClN2O3. The van der Waals surface area contributed by atoms with Crippen molar-refractivity contribution in [2.45, 2.75) is 70.0 Å². The van der Waals surface area contributed by atoms with Gasteiger partial charge in [0.15, 0.2) is 0 Å². The van der Waals surface area contributed by atoms with Crippen LogP contribution in [0.2, 0.25) is 0 Å². The summed E-state index contributed by atoms with van der Waals surface area (Å²) in [7, 11) is 0. The van der Waals surface area contributed by atoms with Crippen LogP contribution in [0.15, 0.2) is 0 Å². The molecule has 126 valence electrons. The Balaban J connectivity index is 0.00000176. The van der Waals surface area contributed by atoms with E-state index in [2.05, 4.69) is 5.32 Å². The average Bonchev–Trinajstić information content (AvgIpc) is 3.22. The van der Waals surface area contributed by atoms with Crippen LogP contribution in [-0.2, 0) is 14.3 Å². The third-order valence-electron chi connectivity index (χ3n) is 4.95. The first-order valence-electron chi connectivity index (χ1n) is 8.36. The number of carbonyl (C=O) groups is 2. The molecule has 22 heavy (non-hydrogen) atoms. The first kappa shape index (κ1) is 17.5. The molecule has 0 aromatic heterocycles. The van der Waals surface area contributed by atoms with Crippen LogP contribution in [0.3, 0.4) is 0 Å². The summed E-state index contributed by atoms with van der Waals surface area (Å²) in [5.41, 5.74) is 0. The monoisotopic (exact) mass is 330 g/mol. The van der Waals surface area contributed by atoms with E-state index in [1.165, 1.54) is 12.8 Å². The lowest BCUT2D eigenvalue weighted by molar-refractivity contribution is -0.149. The molecule has 2 saturated heterocycles. The third kappa shape index (κ3) is 4.35. The summed E-state index contributed by atoms with van der Waals surface area (Å²) in [6.07, 6.45) is 7.39. The zero-order valence-electron chi connectivity index (χ0n) is 13.3. The van der Waals surface area contributed by atoms with E-state index < -0.39 is 0 Å². The minimum atomic E-state index is -0.275. The molecule has 2 heterocycles. The van der Waals surface area contributed by atoms with Gasteiger partial charge in [0, 0.05) is 24.5 Å². The van der Waals surface area contributed by atoms with Gasteiger partial charge in [-0.1, -0.05) is 0 Å². The number of nitrogens with one attached hydrogen (secondary N) is 1. The van der Waals surface area contributed by atoms with E-state index in [9.17, 15) is 9.59 Å². The summed E-state index contributed by atoms with van der Waals surface area (Å²) in [5, 5.41) is 3.61. The predicted octanol–water partition coefficient (Wildman–Crippen LogP) is 1.88. The summed E-state index contributed by atoms with van der Waals surface area (Å²) in [6, 6.07) is 1.50. The molecule has 0 aromatic carbocycles. The second kappa shape index (κ2) is 7.64. The summed E-state index contributed by atoms with van der Waals surface area (Å²) < 4.78 is 4.99. The molecule has 3 rings (SSSR count). The lowest BCUT2D eigenvalue weighted by atomic mass is 9.89. The average molecular weight is 331 g/mol. The van der Waals surface area contributed by atoms with Crippen LogP contribution in [0, 0.1) is 5.92 Å². The molecule has 5 nitrogen and oxygen atoms in total. The maximum atomic E-state index is 12.6. The number of hydrogen-bond acceptors (Lipinski definition) is 4. The van der Waals surface area contributed by atoms with Gasteiger partial charge in [0.2, 0.25) is 5.91 Å². The summed E-state index contributed by atoms with van der Waals surface area (Å²) in [5.74, 6) is 0.361. The highest BCUT2D eigenvalue weighted by Crippen LogP contribution is 2.34. The maximum Gasteiger partial charge on any atom is 0.325 e. The van der Waals surface area contributed by atoms with Crippen molar-refractivity contribution in [2.24, 2.45) is 5.92 Å². The van der Waals surface area contributed by atoms with Crippen molar-refractivity contribution in [3.63, 3.8) is 0 Å². The van der Waals surface area contributed by atoms with Crippen molar-refractivity contribution in [3.05, 3.63) is 0 Å². The smallest absolute Gasteiger partial charge is 0.325 e. The highest BCUT2D eigenvalue weighted by Gasteiger charge is 2.38. The molecule has 2 atom stereocenters. The molecule has 1 aliphatic carbocycles.